The molecular weight excluding hydrogens is 276 g/mol. The molecule has 0 aliphatic carbocycles. The first kappa shape index (κ1) is 13.2. The summed E-state index contributed by atoms with van der Waals surface area (Å²) < 4.78 is 26.2. The molecule has 2 aromatic rings. The van der Waals surface area contributed by atoms with Gasteiger partial charge in [0.1, 0.15) is 11.6 Å². The molecular formula is C13H10ClF2NS. The van der Waals surface area contributed by atoms with Crippen LogP contribution in [0.5, 0.6) is 0 Å². The summed E-state index contributed by atoms with van der Waals surface area (Å²) in [5, 5.41) is 0.583. The van der Waals surface area contributed by atoms with Crippen LogP contribution in [-0.4, -0.2) is 0 Å². The van der Waals surface area contributed by atoms with Crippen molar-refractivity contribution in [3.05, 3.63) is 58.6 Å². The second kappa shape index (κ2) is 5.59. The van der Waals surface area contributed by atoms with Crippen LogP contribution in [0, 0.1) is 11.6 Å². The maximum absolute atomic E-state index is 13.4. The van der Waals surface area contributed by atoms with Crippen LogP contribution >= 0.6 is 23.4 Å². The molecule has 0 amide bonds. The average molecular weight is 286 g/mol. The zero-order valence-electron chi connectivity index (χ0n) is 9.29. The number of nitrogens with two attached hydrogens (primary N) is 1. The SMILES string of the molecule is Nc1ccc(Cl)cc1CSc1ccc(F)cc1F. The van der Waals surface area contributed by atoms with Crippen molar-refractivity contribution in [2.75, 3.05) is 5.73 Å². The van der Waals surface area contributed by atoms with Gasteiger partial charge in [-0.3, -0.25) is 0 Å². The second-order valence-corrected chi connectivity index (χ2v) is 5.16. The second-order valence-electron chi connectivity index (χ2n) is 3.71. The van der Waals surface area contributed by atoms with Crippen molar-refractivity contribution in [2.24, 2.45) is 0 Å². The van der Waals surface area contributed by atoms with Crippen molar-refractivity contribution in [1.29, 1.82) is 0 Å². The summed E-state index contributed by atoms with van der Waals surface area (Å²) in [5.41, 5.74) is 7.23. The van der Waals surface area contributed by atoms with Gasteiger partial charge in [0.2, 0.25) is 0 Å². The van der Waals surface area contributed by atoms with Gasteiger partial charge >= 0.3 is 0 Å². The number of hydrogen-bond acceptors (Lipinski definition) is 2. The van der Waals surface area contributed by atoms with Gasteiger partial charge in [0.15, 0.2) is 0 Å². The van der Waals surface area contributed by atoms with Crippen LogP contribution in [0.1, 0.15) is 5.56 Å². The Hall–Kier alpha value is -1.26. The van der Waals surface area contributed by atoms with E-state index in [1.807, 2.05) is 0 Å². The number of hydrogen-bond donors (Lipinski definition) is 1. The van der Waals surface area contributed by atoms with Crippen molar-refractivity contribution in [3.8, 4) is 0 Å². The van der Waals surface area contributed by atoms with Gasteiger partial charge in [-0.1, -0.05) is 11.6 Å². The highest BCUT2D eigenvalue weighted by Gasteiger charge is 2.06. The van der Waals surface area contributed by atoms with E-state index in [-0.39, 0.29) is 0 Å². The molecule has 0 fully saturated rings. The van der Waals surface area contributed by atoms with Crippen LogP contribution in [0.15, 0.2) is 41.3 Å². The summed E-state index contributed by atoms with van der Waals surface area (Å²) in [6.45, 7) is 0. The van der Waals surface area contributed by atoms with Crippen molar-refractivity contribution >= 4 is 29.1 Å². The standard InChI is InChI=1S/C13H10ClF2NS/c14-9-1-3-12(17)8(5-9)7-18-13-4-2-10(15)6-11(13)16/h1-6H,7,17H2. The van der Waals surface area contributed by atoms with Gasteiger partial charge in [0.05, 0.1) is 0 Å². The predicted octanol–water partition coefficient (Wildman–Crippen LogP) is 4.49. The van der Waals surface area contributed by atoms with E-state index >= 15 is 0 Å². The molecule has 0 bridgehead atoms. The Kier molecular flexibility index (Phi) is 4.09. The first-order chi connectivity index (χ1) is 8.56. The van der Waals surface area contributed by atoms with Crippen LogP contribution in [0.2, 0.25) is 5.02 Å². The lowest BCUT2D eigenvalue weighted by Crippen LogP contribution is -1.93. The van der Waals surface area contributed by atoms with E-state index in [9.17, 15) is 8.78 Å². The van der Waals surface area contributed by atoms with Crippen molar-refractivity contribution < 1.29 is 8.78 Å². The van der Waals surface area contributed by atoms with E-state index < -0.39 is 11.6 Å². The number of nitrogen functional groups attached to an aromatic ring is 1. The molecule has 5 heteroatoms. The van der Waals surface area contributed by atoms with E-state index in [1.165, 1.54) is 23.9 Å². The van der Waals surface area contributed by atoms with E-state index in [1.54, 1.807) is 18.2 Å². The minimum absolute atomic E-state index is 0.385. The Bertz CT molecular complexity index is 575. The molecule has 18 heavy (non-hydrogen) atoms. The fraction of sp³-hybridized carbons (Fsp3) is 0.0769. The van der Waals surface area contributed by atoms with Gasteiger partial charge < -0.3 is 5.73 Å². The molecule has 0 saturated carbocycles. The summed E-state index contributed by atoms with van der Waals surface area (Å²) in [7, 11) is 0. The third kappa shape index (κ3) is 3.15. The lowest BCUT2D eigenvalue weighted by molar-refractivity contribution is 0.565. The van der Waals surface area contributed by atoms with Crippen LogP contribution in [0.25, 0.3) is 0 Å². The Labute approximate surface area is 113 Å². The molecule has 94 valence electrons. The molecule has 2 rings (SSSR count). The smallest absolute Gasteiger partial charge is 0.139 e. The maximum atomic E-state index is 13.4. The quantitative estimate of drug-likeness (QED) is 0.664. The summed E-state index contributed by atoms with van der Waals surface area (Å²) >= 11 is 7.11. The van der Waals surface area contributed by atoms with Crippen LogP contribution in [0.4, 0.5) is 14.5 Å². The Morgan fingerprint density at radius 3 is 2.61 bits per heavy atom. The molecule has 0 radical (unpaired) electrons. The van der Waals surface area contributed by atoms with E-state index in [0.29, 0.717) is 21.4 Å². The van der Waals surface area contributed by atoms with Gasteiger partial charge in [0.25, 0.3) is 0 Å². The monoisotopic (exact) mass is 285 g/mol. The van der Waals surface area contributed by atoms with Gasteiger partial charge in [-0.05, 0) is 35.9 Å². The molecule has 0 heterocycles. The molecule has 0 saturated heterocycles. The lowest BCUT2D eigenvalue weighted by Gasteiger charge is -2.07. The number of benzene rings is 2. The van der Waals surface area contributed by atoms with Gasteiger partial charge in [-0.15, -0.1) is 11.8 Å². The molecule has 0 aliphatic heterocycles. The molecule has 2 N–H and O–H groups in total. The maximum Gasteiger partial charge on any atom is 0.139 e. The van der Waals surface area contributed by atoms with Crippen LogP contribution in [-0.2, 0) is 5.75 Å². The van der Waals surface area contributed by atoms with E-state index in [4.69, 9.17) is 17.3 Å². The predicted molar refractivity (Wildman–Crippen MR) is 71.8 cm³/mol. The van der Waals surface area contributed by atoms with Crippen molar-refractivity contribution in [2.45, 2.75) is 10.6 Å². The molecule has 0 aliphatic rings. The van der Waals surface area contributed by atoms with E-state index in [2.05, 4.69) is 0 Å². The lowest BCUT2D eigenvalue weighted by atomic mass is 10.2. The molecule has 2 aromatic carbocycles. The zero-order chi connectivity index (χ0) is 13.1. The molecule has 0 aromatic heterocycles. The number of rotatable bonds is 3. The Morgan fingerprint density at radius 1 is 1.11 bits per heavy atom. The van der Waals surface area contributed by atoms with Crippen molar-refractivity contribution in [3.63, 3.8) is 0 Å². The van der Waals surface area contributed by atoms with Crippen LogP contribution < -0.4 is 5.73 Å². The fourth-order valence-corrected chi connectivity index (χ4v) is 2.56. The van der Waals surface area contributed by atoms with Crippen molar-refractivity contribution in [1.82, 2.24) is 0 Å². The number of halogens is 3. The molecule has 0 spiro atoms. The summed E-state index contributed by atoms with van der Waals surface area (Å²) in [5.74, 6) is -0.672. The third-order valence-corrected chi connectivity index (χ3v) is 3.71. The molecule has 0 unspecified atom stereocenters. The average Bonchev–Trinajstić information content (AvgIpc) is 2.32. The largest absolute Gasteiger partial charge is 0.398 e. The minimum Gasteiger partial charge on any atom is -0.398 e. The Balaban J connectivity index is 2.13. The summed E-state index contributed by atoms with van der Waals surface area (Å²) in [6, 6.07) is 8.65. The highest BCUT2D eigenvalue weighted by Crippen LogP contribution is 2.29. The fourth-order valence-electron chi connectivity index (χ4n) is 1.45. The van der Waals surface area contributed by atoms with Gasteiger partial charge in [0, 0.05) is 27.4 Å². The van der Waals surface area contributed by atoms with Crippen LogP contribution in [0.3, 0.4) is 0 Å². The molecule has 1 nitrogen and oxygen atoms in total. The third-order valence-electron chi connectivity index (χ3n) is 2.38. The first-order valence-corrected chi connectivity index (χ1v) is 6.54. The number of thioether (sulfide) groups is 1. The highest BCUT2D eigenvalue weighted by molar-refractivity contribution is 7.98. The zero-order valence-corrected chi connectivity index (χ0v) is 10.9. The van der Waals surface area contributed by atoms with E-state index in [0.717, 1.165) is 11.6 Å². The number of anilines is 1. The summed E-state index contributed by atoms with van der Waals surface area (Å²) in [6.07, 6.45) is 0. The van der Waals surface area contributed by atoms with Gasteiger partial charge in [-0.25, -0.2) is 8.78 Å². The molecule has 0 atom stereocenters. The topological polar surface area (TPSA) is 26.0 Å². The summed E-state index contributed by atoms with van der Waals surface area (Å²) in [4.78, 5) is 0.385. The Morgan fingerprint density at radius 2 is 1.89 bits per heavy atom. The first-order valence-electron chi connectivity index (χ1n) is 5.18. The van der Waals surface area contributed by atoms with Gasteiger partial charge in [-0.2, -0.15) is 0 Å². The highest BCUT2D eigenvalue weighted by atomic mass is 35.5. The normalized spacial score (nSPS) is 10.6. The minimum atomic E-state index is -0.584.